The number of carbonyl (C=O) groups excluding carboxylic acids is 1. The van der Waals surface area contributed by atoms with Crippen LogP contribution in [0.5, 0.6) is 0 Å². The summed E-state index contributed by atoms with van der Waals surface area (Å²) in [4.78, 5) is 17.2. The second kappa shape index (κ2) is 6.38. The van der Waals surface area contributed by atoms with E-state index < -0.39 is 15.4 Å². The number of fused-ring (bicyclic) bond motifs is 1. The zero-order chi connectivity index (χ0) is 18.0. The van der Waals surface area contributed by atoms with Crippen molar-refractivity contribution in [3.8, 4) is 6.07 Å². The molecule has 1 aliphatic rings. The first-order valence-corrected chi connectivity index (χ1v) is 9.24. The van der Waals surface area contributed by atoms with E-state index in [1.54, 1.807) is 41.8 Å². The van der Waals surface area contributed by atoms with Crippen molar-refractivity contribution < 1.29 is 9.00 Å². The second-order valence-corrected chi connectivity index (χ2v) is 7.77. The summed E-state index contributed by atoms with van der Waals surface area (Å²) in [5.41, 5.74) is 2.54. The van der Waals surface area contributed by atoms with E-state index in [0.29, 0.717) is 16.3 Å². The Morgan fingerprint density at radius 2 is 2.16 bits per heavy atom. The molecule has 25 heavy (non-hydrogen) atoms. The van der Waals surface area contributed by atoms with Crippen molar-refractivity contribution in [2.75, 3.05) is 5.32 Å². The maximum Gasteiger partial charge on any atom is 0.266 e. The summed E-state index contributed by atoms with van der Waals surface area (Å²) in [5.74, 6) is 3.15. The molecule has 0 saturated carbocycles. The van der Waals surface area contributed by atoms with Crippen LogP contribution in [-0.2, 0) is 14.3 Å². The highest BCUT2D eigenvalue weighted by Crippen LogP contribution is 2.29. The SMILES string of the molecule is C=S1(=O)C=Cc2ccc(NC(=O)/C(C#N)=C/c3cccc(C)n3)cc21. The van der Waals surface area contributed by atoms with Crippen LogP contribution in [0.3, 0.4) is 0 Å². The molecule has 1 atom stereocenters. The fraction of sp³-hybridized carbons (Fsp3) is 0.0526. The Morgan fingerprint density at radius 3 is 2.88 bits per heavy atom. The van der Waals surface area contributed by atoms with Gasteiger partial charge in [-0.1, -0.05) is 12.1 Å². The number of benzene rings is 1. The Kier molecular flexibility index (Phi) is 4.26. The topological polar surface area (TPSA) is 82.9 Å². The van der Waals surface area contributed by atoms with Crippen LogP contribution in [0.1, 0.15) is 17.0 Å². The quantitative estimate of drug-likeness (QED) is 0.524. The van der Waals surface area contributed by atoms with Crippen LogP contribution >= 0.6 is 0 Å². The van der Waals surface area contributed by atoms with Crippen molar-refractivity contribution in [2.24, 2.45) is 0 Å². The van der Waals surface area contributed by atoms with Crippen LogP contribution in [0.2, 0.25) is 0 Å². The van der Waals surface area contributed by atoms with E-state index in [0.717, 1.165) is 11.3 Å². The maximum atomic E-state index is 12.4. The van der Waals surface area contributed by atoms with E-state index in [2.05, 4.69) is 16.2 Å². The molecule has 0 radical (unpaired) electrons. The number of aromatic nitrogens is 1. The van der Waals surface area contributed by atoms with Gasteiger partial charge in [0.25, 0.3) is 5.91 Å². The van der Waals surface area contributed by atoms with Gasteiger partial charge in [-0.2, -0.15) is 5.26 Å². The number of anilines is 1. The highest BCUT2D eigenvalue weighted by molar-refractivity contribution is 8.03. The van der Waals surface area contributed by atoms with Gasteiger partial charge in [-0.25, -0.2) is 0 Å². The van der Waals surface area contributed by atoms with Gasteiger partial charge in [-0.3, -0.25) is 14.0 Å². The number of hydrogen-bond acceptors (Lipinski definition) is 4. The molecular weight excluding hydrogens is 334 g/mol. The first kappa shape index (κ1) is 16.7. The molecule has 1 unspecified atom stereocenters. The van der Waals surface area contributed by atoms with Crippen molar-refractivity contribution >= 4 is 39.1 Å². The van der Waals surface area contributed by atoms with Gasteiger partial charge in [0.2, 0.25) is 0 Å². The zero-order valence-corrected chi connectivity index (χ0v) is 14.3. The minimum absolute atomic E-state index is 0.0629. The van der Waals surface area contributed by atoms with Crippen molar-refractivity contribution in [2.45, 2.75) is 11.8 Å². The van der Waals surface area contributed by atoms with E-state index in [4.69, 9.17) is 0 Å². The van der Waals surface area contributed by atoms with Crippen molar-refractivity contribution in [3.63, 3.8) is 0 Å². The van der Waals surface area contributed by atoms with Crippen LogP contribution in [0, 0.1) is 18.3 Å². The van der Waals surface area contributed by atoms with Crippen molar-refractivity contribution in [1.29, 1.82) is 5.26 Å². The predicted molar refractivity (Wildman–Crippen MR) is 100 cm³/mol. The van der Waals surface area contributed by atoms with Crippen LogP contribution in [0.4, 0.5) is 5.69 Å². The standard InChI is InChI=1S/C19H15N3O2S/c1-13-4-3-5-16(21-13)10-15(12-20)19(23)22-17-7-6-14-8-9-25(2,24)18(14)11-17/h3-11H,2H2,1H3,(H,22,23)/b15-10+. The average molecular weight is 349 g/mol. The van der Waals surface area contributed by atoms with Gasteiger partial charge in [-0.05, 0) is 60.2 Å². The molecule has 1 amide bonds. The molecule has 0 aliphatic carbocycles. The highest BCUT2D eigenvalue weighted by atomic mass is 32.2. The predicted octanol–water partition coefficient (Wildman–Crippen LogP) is 3.00. The lowest BCUT2D eigenvalue weighted by molar-refractivity contribution is -0.112. The summed E-state index contributed by atoms with van der Waals surface area (Å²) < 4.78 is 12.3. The lowest BCUT2D eigenvalue weighted by Gasteiger charge is -2.08. The summed E-state index contributed by atoms with van der Waals surface area (Å²) in [6.45, 7) is 1.83. The molecule has 6 heteroatoms. The Hall–Kier alpha value is -3.17. The molecule has 1 aromatic heterocycles. The van der Waals surface area contributed by atoms with Crippen LogP contribution in [0.15, 0.2) is 52.3 Å². The number of nitriles is 1. The van der Waals surface area contributed by atoms with Gasteiger partial charge in [0.15, 0.2) is 0 Å². The Balaban J connectivity index is 1.86. The summed E-state index contributed by atoms with van der Waals surface area (Å²) in [6, 6.07) is 12.3. The number of pyridine rings is 1. The number of hydrogen-bond donors (Lipinski definition) is 1. The number of nitrogens with zero attached hydrogens (tertiary/aromatic N) is 2. The third kappa shape index (κ3) is 3.52. The van der Waals surface area contributed by atoms with Crippen LogP contribution in [0.25, 0.3) is 12.2 Å². The average Bonchev–Trinajstić information content (AvgIpc) is 2.87. The van der Waals surface area contributed by atoms with E-state index in [1.807, 2.05) is 19.1 Å². The minimum atomic E-state index is -2.46. The Morgan fingerprint density at radius 1 is 1.36 bits per heavy atom. The van der Waals surface area contributed by atoms with Gasteiger partial charge >= 0.3 is 0 Å². The van der Waals surface area contributed by atoms with E-state index in [1.165, 1.54) is 6.08 Å². The summed E-state index contributed by atoms with van der Waals surface area (Å²) >= 11 is 0. The molecule has 2 aromatic rings. The molecule has 1 N–H and O–H groups in total. The molecule has 1 aromatic carbocycles. The normalized spacial score (nSPS) is 18.5. The Labute approximate surface area is 146 Å². The molecule has 1 aliphatic heterocycles. The molecule has 2 heterocycles. The van der Waals surface area contributed by atoms with Crippen molar-refractivity contribution in [1.82, 2.24) is 4.98 Å². The first-order valence-electron chi connectivity index (χ1n) is 7.45. The molecule has 0 spiro atoms. The first-order chi connectivity index (χ1) is 11.9. The largest absolute Gasteiger partial charge is 0.321 e. The molecule has 0 bridgehead atoms. The van der Waals surface area contributed by atoms with Crippen molar-refractivity contribution in [3.05, 3.63) is 64.3 Å². The third-order valence-electron chi connectivity index (χ3n) is 3.68. The molecule has 0 saturated heterocycles. The lowest BCUT2D eigenvalue weighted by atomic mass is 10.1. The Bertz CT molecular complexity index is 1070. The number of rotatable bonds is 3. The molecule has 3 rings (SSSR count). The molecule has 5 nitrogen and oxygen atoms in total. The number of nitrogens with one attached hydrogen (secondary N) is 1. The highest BCUT2D eigenvalue weighted by Gasteiger charge is 2.17. The van der Waals surface area contributed by atoms with E-state index >= 15 is 0 Å². The maximum absolute atomic E-state index is 12.4. The van der Waals surface area contributed by atoms with Crippen LogP contribution < -0.4 is 5.32 Å². The fourth-order valence-electron chi connectivity index (χ4n) is 2.44. The van der Waals surface area contributed by atoms with Gasteiger partial charge < -0.3 is 5.32 Å². The second-order valence-electron chi connectivity index (χ2n) is 5.61. The monoisotopic (exact) mass is 349 g/mol. The smallest absolute Gasteiger partial charge is 0.266 e. The van der Waals surface area contributed by atoms with Gasteiger partial charge in [0, 0.05) is 25.8 Å². The fourth-order valence-corrected chi connectivity index (χ4v) is 3.82. The van der Waals surface area contributed by atoms with Gasteiger partial charge in [0.05, 0.1) is 5.69 Å². The van der Waals surface area contributed by atoms with E-state index in [9.17, 15) is 14.3 Å². The number of amides is 1. The molecule has 124 valence electrons. The minimum Gasteiger partial charge on any atom is -0.321 e. The summed E-state index contributed by atoms with van der Waals surface area (Å²) in [7, 11) is -2.46. The summed E-state index contributed by atoms with van der Waals surface area (Å²) in [6.07, 6.45) is 3.18. The number of aryl methyl sites for hydroxylation is 1. The third-order valence-corrected chi connectivity index (χ3v) is 5.35. The lowest BCUT2D eigenvalue weighted by Crippen LogP contribution is -2.14. The molecular formula is C19H15N3O2S. The summed E-state index contributed by atoms with van der Waals surface area (Å²) in [5, 5.41) is 13.5. The number of carbonyl (C=O) groups is 1. The molecule has 0 fully saturated rings. The van der Waals surface area contributed by atoms with Gasteiger partial charge in [-0.15, -0.1) is 0 Å². The van der Waals surface area contributed by atoms with Gasteiger partial charge in [0.1, 0.15) is 11.6 Å². The van der Waals surface area contributed by atoms with Crippen LogP contribution in [-0.4, -0.2) is 21.0 Å². The van der Waals surface area contributed by atoms with E-state index in [-0.39, 0.29) is 5.57 Å². The zero-order valence-electron chi connectivity index (χ0n) is 13.5.